The number of nitrogens with zero attached hydrogens (tertiary/aromatic N) is 4. The molecule has 182 valence electrons. The summed E-state index contributed by atoms with van der Waals surface area (Å²) < 4.78 is 5.65. The minimum Gasteiger partial charge on any atom is -0.493 e. The van der Waals surface area contributed by atoms with Crippen molar-refractivity contribution in [1.82, 2.24) is 20.1 Å². The van der Waals surface area contributed by atoms with Gasteiger partial charge in [-0.1, -0.05) is 18.2 Å². The van der Waals surface area contributed by atoms with E-state index in [2.05, 4.69) is 33.2 Å². The largest absolute Gasteiger partial charge is 0.493 e. The molecule has 0 aliphatic carbocycles. The molecule has 8 heteroatoms. The van der Waals surface area contributed by atoms with E-state index in [9.17, 15) is 9.59 Å². The van der Waals surface area contributed by atoms with E-state index in [4.69, 9.17) is 4.74 Å². The summed E-state index contributed by atoms with van der Waals surface area (Å²) in [5.41, 5.74) is 1.04. The molecule has 2 aromatic rings. The van der Waals surface area contributed by atoms with Crippen LogP contribution in [0.4, 0.5) is 5.82 Å². The fraction of sp³-hybridized carbons (Fsp3) is 0.500. The van der Waals surface area contributed by atoms with Gasteiger partial charge in [-0.05, 0) is 49.7 Å². The predicted molar refractivity (Wildman–Crippen MR) is 132 cm³/mol. The Balaban J connectivity index is 1.22. The Morgan fingerprint density at radius 2 is 1.88 bits per heavy atom. The van der Waals surface area contributed by atoms with Gasteiger partial charge in [0.05, 0.1) is 18.9 Å². The molecule has 2 saturated heterocycles. The molecule has 2 amide bonds. The number of hydrogen-bond donors (Lipinski definition) is 1. The quantitative estimate of drug-likeness (QED) is 0.644. The van der Waals surface area contributed by atoms with Crippen LogP contribution in [0.25, 0.3) is 0 Å². The second kappa shape index (κ2) is 11.8. The Hall–Kier alpha value is -3.13. The van der Waals surface area contributed by atoms with Crippen LogP contribution < -0.4 is 15.0 Å². The van der Waals surface area contributed by atoms with Gasteiger partial charge in [0.1, 0.15) is 11.6 Å². The number of likely N-dealkylation sites (tertiary alicyclic amines) is 1. The second-order valence-electron chi connectivity index (χ2n) is 9.12. The van der Waals surface area contributed by atoms with Gasteiger partial charge in [0.15, 0.2) is 0 Å². The van der Waals surface area contributed by atoms with Gasteiger partial charge in [0.2, 0.25) is 11.8 Å². The minimum absolute atomic E-state index is 0.0102. The number of carbonyl (C=O) groups is 2. The summed E-state index contributed by atoms with van der Waals surface area (Å²) in [4.78, 5) is 36.4. The number of piperidine rings is 1. The number of carbonyl (C=O) groups excluding carboxylic acids is 2. The molecule has 8 nitrogen and oxygen atoms in total. The summed E-state index contributed by atoms with van der Waals surface area (Å²) in [5.74, 6) is 1.60. The predicted octanol–water partition coefficient (Wildman–Crippen LogP) is 2.16. The Morgan fingerprint density at radius 1 is 1.09 bits per heavy atom. The maximum absolute atomic E-state index is 12.9. The van der Waals surface area contributed by atoms with Crippen LogP contribution >= 0.6 is 0 Å². The smallest absolute Gasteiger partial charge is 0.226 e. The van der Waals surface area contributed by atoms with Crippen molar-refractivity contribution in [1.29, 1.82) is 0 Å². The number of rotatable bonds is 8. The molecule has 0 saturated carbocycles. The Kier molecular flexibility index (Phi) is 8.36. The Labute approximate surface area is 201 Å². The van der Waals surface area contributed by atoms with Gasteiger partial charge in [-0.2, -0.15) is 0 Å². The molecule has 1 unspecified atom stereocenters. The molecule has 0 bridgehead atoms. The van der Waals surface area contributed by atoms with Gasteiger partial charge in [0, 0.05) is 52.0 Å². The third-order valence-corrected chi connectivity index (χ3v) is 6.58. The van der Waals surface area contributed by atoms with Crippen LogP contribution in [0.3, 0.4) is 0 Å². The van der Waals surface area contributed by atoms with Crippen molar-refractivity contribution in [2.75, 3.05) is 57.8 Å². The topological polar surface area (TPSA) is 78.0 Å². The molecular weight excluding hydrogens is 430 g/mol. The molecule has 1 aromatic carbocycles. The number of benzene rings is 1. The summed E-state index contributed by atoms with van der Waals surface area (Å²) in [5, 5.41) is 3.07. The van der Waals surface area contributed by atoms with E-state index in [-0.39, 0.29) is 17.7 Å². The zero-order valence-electron chi connectivity index (χ0n) is 20.0. The molecule has 34 heavy (non-hydrogen) atoms. The molecule has 3 heterocycles. The first-order valence-electron chi connectivity index (χ1n) is 12.2. The maximum Gasteiger partial charge on any atom is 0.226 e. The van der Waals surface area contributed by atoms with E-state index in [0.29, 0.717) is 32.7 Å². The van der Waals surface area contributed by atoms with Gasteiger partial charge in [-0.15, -0.1) is 0 Å². The maximum atomic E-state index is 12.9. The molecule has 0 spiro atoms. The third kappa shape index (κ3) is 6.70. The van der Waals surface area contributed by atoms with Crippen molar-refractivity contribution < 1.29 is 14.3 Å². The van der Waals surface area contributed by atoms with Crippen molar-refractivity contribution in [2.45, 2.75) is 25.8 Å². The fourth-order valence-corrected chi connectivity index (χ4v) is 4.46. The molecule has 2 aliphatic rings. The van der Waals surface area contributed by atoms with Crippen molar-refractivity contribution >= 4 is 17.6 Å². The van der Waals surface area contributed by atoms with Crippen molar-refractivity contribution in [2.24, 2.45) is 5.92 Å². The lowest BCUT2D eigenvalue weighted by Gasteiger charge is -2.33. The highest BCUT2D eigenvalue weighted by Crippen LogP contribution is 2.19. The summed E-state index contributed by atoms with van der Waals surface area (Å²) in [6.07, 6.45) is 3.77. The van der Waals surface area contributed by atoms with E-state index >= 15 is 0 Å². The van der Waals surface area contributed by atoms with Gasteiger partial charge in [-0.25, -0.2) is 4.98 Å². The van der Waals surface area contributed by atoms with Crippen LogP contribution in [0, 0.1) is 5.92 Å². The highest BCUT2D eigenvalue weighted by Gasteiger charge is 2.28. The number of hydrogen-bond acceptors (Lipinski definition) is 6. The lowest BCUT2D eigenvalue weighted by molar-refractivity contribution is -0.136. The molecule has 0 radical (unpaired) electrons. The van der Waals surface area contributed by atoms with Gasteiger partial charge < -0.3 is 24.8 Å². The summed E-state index contributed by atoms with van der Waals surface area (Å²) in [7, 11) is 2.13. The first kappa shape index (κ1) is 24.0. The first-order valence-corrected chi connectivity index (χ1v) is 12.2. The fourth-order valence-electron chi connectivity index (χ4n) is 4.46. The van der Waals surface area contributed by atoms with Crippen LogP contribution in [0.2, 0.25) is 0 Å². The number of ether oxygens (including phenoxy) is 1. The standard InChI is InChI=1S/C26H35N5O3/c1-29-13-15-30(16-14-29)24-18-21(9-11-27-24)19-28-26(33)22-6-5-12-31(20-22)25(32)10-17-34-23-7-3-2-4-8-23/h2-4,7-9,11,18,22H,5-6,10,12-17,19-20H2,1H3,(H,28,33). The SMILES string of the molecule is CN1CCN(c2cc(CNC(=O)C3CCCN(C(=O)CCOc4ccccc4)C3)ccn2)CC1. The molecule has 1 aromatic heterocycles. The molecule has 1 N–H and O–H groups in total. The zero-order chi connectivity index (χ0) is 23.8. The number of anilines is 1. The second-order valence-corrected chi connectivity index (χ2v) is 9.12. The Morgan fingerprint density at radius 3 is 2.68 bits per heavy atom. The number of likely N-dealkylation sites (N-methyl/N-ethyl adjacent to an activating group) is 1. The average Bonchev–Trinajstić information content (AvgIpc) is 2.88. The molecule has 2 fully saturated rings. The van der Waals surface area contributed by atoms with Gasteiger partial charge >= 0.3 is 0 Å². The van der Waals surface area contributed by atoms with E-state index < -0.39 is 0 Å². The normalized spacial score (nSPS) is 19.0. The minimum atomic E-state index is -0.174. The van der Waals surface area contributed by atoms with Crippen LogP contribution in [0.15, 0.2) is 48.7 Å². The number of pyridine rings is 1. The number of nitrogens with one attached hydrogen (secondary N) is 1. The van der Waals surface area contributed by atoms with Crippen LogP contribution in [-0.2, 0) is 16.1 Å². The van der Waals surface area contributed by atoms with Crippen molar-refractivity contribution in [3.8, 4) is 5.75 Å². The van der Waals surface area contributed by atoms with E-state index in [1.807, 2.05) is 42.6 Å². The van der Waals surface area contributed by atoms with E-state index in [1.54, 1.807) is 4.90 Å². The third-order valence-electron chi connectivity index (χ3n) is 6.58. The summed E-state index contributed by atoms with van der Waals surface area (Å²) in [6, 6.07) is 13.5. The number of aromatic nitrogens is 1. The Bertz CT molecular complexity index is 946. The highest BCUT2D eigenvalue weighted by molar-refractivity contribution is 5.81. The molecule has 1 atom stereocenters. The van der Waals surface area contributed by atoms with Crippen molar-refractivity contribution in [3.63, 3.8) is 0 Å². The lowest BCUT2D eigenvalue weighted by atomic mass is 9.96. The average molecular weight is 466 g/mol. The van der Waals surface area contributed by atoms with Crippen molar-refractivity contribution in [3.05, 3.63) is 54.2 Å². The monoisotopic (exact) mass is 465 g/mol. The van der Waals surface area contributed by atoms with E-state index in [1.165, 1.54) is 0 Å². The molecule has 4 rings (SSSR count). The summed E-state index contributed by atoms with van der Waals surface area (Å²) >= 11 is 0. The van der Waals surface area contributed by atoms with Crippen LogP contribution in [-0.4, -0.2) is 79.5 Å². The van der Waals surface area contributed by atoms with Crippen LogP contribution in [0.1, 0.15) is 24.8 Å². The lowest BCUT2D eigenvalue weighted by Crippen LogP contribution is -2.45. The summed E-state index contributed by atoms with van der Waals surface area (Å²) in [6.45, 7) is 5.95. The molecular formula is C26H35N5O3. The molecule has 2 aliphatic heterocycles. The van der Waals surface area contributed by atoms with Gasteiger partial charge in [-0.3, -0.25) is 9.59 Å². The number of piperazine rings is 1. The highest BCUT2D eigenvalue weighted by atomic mass is 16.5. The van der Waals surface area contributed by atoms with Gasteiger partial charge in [0.25, 0.3) is 0 Å². The first-order chi connectivity index (χ1) is 16.6. The zero-order valence-corrected chi connectivity index (χ0v) is 20.0. The van der Waals surface area contributed by atoms with Crippen LogP contribution in [0.5, 0.6) is 5.75 Å². The van der Waals surface area contributed by atoms with E-state index in [0.717, 1.165) is 56.2 Å². The number of para-hydroxylation sites is 1. The number of amides is 2.